The first-order chi connectivity index (χ1) is 9.56. The highest BCUT2D eigenvalue weighted by Crippen LogP contribution is 2.28. The van der Waals surface area contributed by atoms with E-state index in [2.05, 4.69) is 10.2 Å². The summed E-state index contributed by atoms with van der Waals surface area (Å²) in [7, 11) is 0. The first-order valence-electron chi connectivity index (χ1n) is 6.32. The third-order valence-corrected chi connectivity index (χ3v) is 3.56. The molecule has 0 atom stereocenters. The number of H-pyrrole nitrogens is 1. The topological polar surface area (TPSA) is 45.8 Å². The van der Waals surface area contributed by atoms with Gasteiger partial charge >= 0.3 is 0 Å². The van der Waals surface area contributed by atoms with E-state index < -0.39 is 0 Å². The molecule has 0 aliphatic heterocycles. The smallest absolute Gasteiger partial charge is 0.267 e. The van der Waals surface area contributed by atoms with Crippen LogP contribution in [0.1, 0.15) is 11.1 Å². The molecule has 0 bridgehead atoms. The van der Waals surface area contributed by atoms with Gasteiger partial charge in [0.15, 0.2) is 0 Å². The SMILES string of the molecule is Cc1cc(C)c2c(=O)[nH]nc(-c3cccc(Cl)c3)c2c1. The Morgan fingerprint density at radius 3 is 2.70 bits per heavy atom. The summed E-state index contributed by atoms with van der Waals surface area (Å²) in [6.45, 7) is 3.95. The van der Waals surface area contributed by atoms with Crippen LogP contribution in [0.25, 0.3) is 22.0 Å². The molecule has 1 aromatic heterocycles. The molecule has 3 nitrogen and oxygen atoms in total. The maximum Gasteiger partial charge on any atom is 0.272 e. The Bertz CT molecular complexity index is 868. The number of benzene rings is 2. The summed E-state index contributed by atoms with van der Waals surface area (Å²) in [4.78, 5) is 12.0. The van der Waals surface area contributed by atoms with Crippen LogP contribution in [0.5, 0.6) is 0 Å². The lowest BCUT2D eigenvalue weighted by molar-refractivity contribution is 1.01. The van der Waals surface area contributed by atoms with Gasteiger partial charge in [-0.05, 0) is 37.6 Å². The molecule has 0 amide bonds. The van der Waals surface area contributed by atoms with Crippen molar-refractivity contribution in [3.63, 3.8) is 0 Å². The van der Waals surface area contributed by atoms with Gasteiger partial charge in [0.2, 0.25) is 0 Å². The maximum atomic E-state index is 12.0. The second-order valence-corrected chi connectivity index (χ2v) is 5.35. The largest absolute Gasteiger partial charge is 0.272 e. The van der Waals surface area contributed by atoms with E-state index in [4.69, 9.17) is 11.6 Å². The molecule has 1 heterocycles. The number of halogens is 1. The molecule has 20 heavy (non-hydrogen) atoms. The van der Waals surface area contributed by atoms with Gasteiger partial charge < -0.3 is 0 Å². The van der Waals surface area contributed by atoms with Gasteiger partial charge in [-0.1, -0.05) is 35.4 Å². The second kappa shape index (κ2) is 4.76. The third kappa shape index (κ3) is 2.10. The summed E-state index contributed by atoms with van der Waals surface area (Å²) < 4.78 is 0. The van der Waals surface area contributed by atoms with E-state index in [-0.39, 0.29) is 5.56 Å². The Morgan fingerprint density at radius 1 is 1.15 bits per heavy atom. The summed E-state index contributed by atoms with van der Waals surface area (Å²) in [5.74, 6) is 0. The first kappa shape index (κ1) is 12.9. The van der Waals surface area contributed by atoms with Crippen LogP contribution in [0, 0.1) is 13.8 Å². The van der Waals surface area contributed by atoms with E-state index in [1.165, 1.54) is 0 Å². The summed E-state index contributed by atoms with van der Waals surface area (Å²) in [6, 6.07) is 11.5. The lowest BCUT2D eigenvalue weighted by Gasteiger charge is -2.08. The van der Waals surface area contributed by atoms with E-state index >= 15 is 0 Å². The number of aromatic amines is 1. The third-order valence-electron chi connectivity index (χ3n) is 3.33. The number of aromatic nitrogens is 2. The number of hydrogen-bond acceptors (Lipinski definition) is 2. The Kier molecular flexibility index (Phi) is 3.07. The summed E-state index contributed by atoms with van der Waals surface area (Å²) >= 11 is 6.04. The Hall–Kier alpha value is -2.13. The van der Waals surface area contributed by atoms with Crippen LogP contribution >= 0.6 is 11.6 Å². The molecule has 0 unspecified atom stereocenters. The predicted octanol–water partition coefficient (Wildman–Crippen LogP) is 3.86. The van der Waals surface area contributed by atoms with Crippen LogP contribution in [-0.2, 0) is 0 Å². The minimum atomic E-state index is -0.164. The Balaban J connectivity index is 2.43. The van der Waals surface area contributed by atoms with E-state index in [0.717, 1.165) is 27.8 Å². The van der Waals surface area contributed by atoms with Gasteiger partial charge in [-0.3, -0.25) is 4.79 Å². The van der Waals surface area contributed by atoms with Crippen LogP contribution < -0.4 is 5.56 Å². The molecule has 0 aliphatic rings. The fraction of sp³-hybridized carbons (Fsp3) is 0.125. The monoisotopic (exact) mass is 284 g/mol. The molecule has 0 saturated carbocycles. The molecule has 3 aromatic rings. The van der Waals surface area contributed by atoms with E-state index in [1.807, 2.05) is 50.2 Å². The Labute approximate surface area is 121 Å². The molecule has 0 saturated heterocycles. The van der Waals surface area contributed by atoms with Gasteiger partial charge in [0.1, 0.15) is 0 Å². The van der Waals surface area contributed by atoms with Gasteiger partial charge in [-0.2, -0.15) is 5.10 Å². The lowest BCUT2D eigenvalue weighted by Crippen LogP contribution is -2.11. The number of nitrogens with zero attached hydrogens (tertiary/aromatic N) is 1. The molecule has 3 rings (SSSR count). The zero-order valence-corrected chi connectivity index (χ0v) is 12.0. The number of fused-ring (bicyclic) bond motifs is 1. The summed E-state index contributed by atoms with van der Waals surface area (Å²) in [5.41, 5.74) is 3.53. The van der Waals surface area contributed by atoms with Gasteiger partial charge in [-0.15, -0.1) is 0 Å². The molecule has 0 fully saturated rings. The van der Waals surface area contributed by atoms with Crippen molar-refractivity contribution >= 4 is 22.4 Å². The number of rotatable bonds is 1. The van der Waals surface area contributed by atoms with Gasteiger partial charge in [0.05, 0.1) is 11.1 Å². The summed E-state index contributed by atoms with van der Waals surface area (Å²) in [6.07, 6.45) is 0. The van der Waals surface area contributed by atoms with Gasteiger partial charge in [-0.25, -0.2) is 5.10 Å². The van der Waals surface area contributed by atoms with Crippen LogP contribution in [-0.4, -0.2) is 10.2 Å². The number of aryl methyl sites for hydroxylation is 2. The molecular formula is C16H13ClN2O. The highest BCUT2D eigenvalue weighted by molar-refractivity contribution is 6.30. The maximum absolute atomic E-state index is 12.0. The molecule has 4 heteroatoms. The minimum absolute atomic E-state index is 0.164. The van der Waals surface area contributed by atoms with Crippen molar-refractivity contribution in [2.75, 3.05) is 0 Å². The first-order valence-corrected chi connectivity index (χ1v) is 6.69. The lowest BCUT2D eigenvalue weighted by atomic mass is 10.00. The van der Waals surface area contributed by atoms with Crippen molar-refractivity contribution in [3.05, 3.63) is 62.9 Å². The van der Waals surface area contributed by atoms with Gasteiger partial charge in [0, 0.05) is 16.0 Å². The normalized spacial score (nSPS) is 10.9. The highest BCUT2D eigenvalue weighted by Gasteiger charge is 2.11. The van der Waals surface area contributed by atoms with Crippen molar-refractivity contribution in [3.8, 4) is 11.3 Å². The van der Waals surface area contributed by atoms with Crippen molar-refractivity contribution in [2.45, 2.75) is 13.8 Å². The van der Waals surface area contributed by atoms with Crippen LogP contribution in [0.15, 0.2) is 41.2 Å². The van der Waals surface area contributed by atoms with E-state index in [1.54, 1.807) is 0 Å². The average molecular weight is 285 g/mol. The second-order valence-electron chi connectivity index (χ2n) is 4.92. The number of nitrogens with one attached hydrogen (secondary N) is 1. The van der Waals surface area contributed by atoms with Crippen LogP contribution in [0.4, 0.5) is 0 Å². The average Bonchev–Trinajstić information content (AvgIpc) is 2.38. The molecule has 1 N–H and O–H groups in total. The zero-order valence-electron chi connectivity index (χ0n) is 11.2. The van der Waals surface area contributed by atoms with E-state index in [9.17, 15) is 4.79 Å². The standard InChI is InChI=1S/C16H13ClN2O/c1-9-6-10(2)14-13(7-9)15(18-19-16(14)20)11-4-3-5-12(17)8-11/h3-8H,1-2H3,(H,19,20). The molecule has 0 aliphatic carbocycles. The molecule has 2 aromatic carbocycles. The molecule has 0 spiro atoms. The highest BCUT2D eigenvalue weighted by atomic mass is 35.5. The predicted molar refractivity (Wildman–Crippen MR) is 82.3 cm³/mol. The number of hydrogen-bond donors (Lipinski definition) is 1. The fourth-order valence-corrected chi connectivity index (χ4v) is 2.72. The van der Waals surface area contributed by atoms with Gasteiger partial charge in [0.25, 0.3) is 5.56 Å². The van der Waals surface area contributed by atoms with Crippen LogP contribution in [0.3, 0.4) is 0 Å². The Morgan fingerprint density at radius 2 is 1.95 bits per heavy atom. The van der Waals surface area contributed by atoms with Crippen molar-refractivity contribution in [1.82, 2.24) is 10.2 Å². The molecule has 0 radical (unpaired) electrons. The van der Waals surface area contributed by atoms with Crippen molar-refractivity contribution in [1.29, 1.82) is 0 Å². The molecular weight excluding hydrogens is 272 g/mol. The van der Waals surface area contributed by atoms with Crippen molar-refractivity contribution < 1.29 is 0 Å². The van der Waals surface area contributed by atoms with Crippen molar-refractivity contribution in [2.24, 2.45) is 0 Å². The van der Waals surface area contributed by atoms with E-state index in [0.29, 0.717) is 10.4 Å². The minimum Gasteiger partial charge on any atom is -0.267 e. The van der Waals surface area contributed by atoms with Crippen LogP contribution in [0.2, 0.25) is 5.02 Å². The summed E-state index contributed by atoms with van der Waals surface area (Å²) in [5, 5.41) is 8.96. The molecule has 100 valence electrons. The fourth-order valence-electron chi connectivity index (χ4n) is 2.53. The quantitative estimate of drug-likeness (QED) is 0.737. The zero-order chi connectivity index (χ0) is 14.3.